The summed E-state index contributed by atoms with van der Waals surface area (Å²) in [6.45, 7) is 2.46. The summed E-state index contributed by atoms with van der Waals surface area (Å²) < 4.78 is 11.7. The summed E-state index contributed by atoms with van der Waals surface area (Å²) in [5, 5.41) is 3.45. The minimum atomic E-state index is 0.525. The van der Waals surface area contributed by atoms with Crippen molar-refractivity contribution in [3.8, 4) is 0 Å². The summed E-state index contributed by atoms with van der Waals surface area (Å²) in [7, 11) is 0. The van der Waals surface area contributed by atoms with E-state index in [0.717, 1.165) is 23.6 Å². The number of hydrogen-bond acceptors (Lipinski definition) is 3. The molecule has 4 heteroatoms. The highest BCUT2D eigenvalue weighted by atomic mass is 79.9. The summed E-state index contributed by atoms with van der Waals surface area (Å²) >= 11 is 3.27. The Morgan fingerprint density at radius 1 is 1.47 bits per heavy atom. The summed E-state index contributed by atoms with van der Waals surface area (Å²) in [4.78, 5) is 0. The standard InChI is InChI=1S/C11H16BrNO2/c12-11-5-4-10(15-11)8-14-7-9-3-1-2-6-13-9/h4-5,9,13H,1-3,6-8H2. The molecule has 1 aromatic heterocycles. The van der Waals surface area contributed by atoms with Crippen LogP contribution in [0, 0.1) is 0 Å². The van der Waals surface area contributed by atoms with Crippen LogP contribution >= 0.6 is 15.9 Å². The first-order valence-corrected chi connectivity index (χ1v) is 6.19. The van der Waals surface area contributed by atoms with Crippen LogP contribution in [-0.4, -0.2) is 19.2 Å². The largest absolute Gasteiger partial charge is 0.452 e. The van der Waals surface area contributed by atoms with Gasteiger partial charge in [0, 0.05) is 6.04 Å². The van der Waals surface area contributed by atoms with Crippen molar-refractivity contribution in [1.29, 1.82) is 0 Å². The summed E-state index contributed by atoms with van der Waals surface area (Å²) in [5.41, 5.74) is 0. The Labute approximate surface area is 98.3 Å². The van der Waals surface area contributed by atoms with Crippen molar-refractivity contribution < 1.29 is 9.15 Å². The van der Waals surface area contributed by atoms with Crippen LogP contribution in [0.3, 0.4) is 0 Å². The average Bonchev–Trinajstić information content (AvgIpc) is 2.66. The monoisotopic (exact) mass is 273 g/mol. The third-order valence-electron chi connectivity index (χ3n) is 2.60. The van der Waals surface area contributed by atoms with Crippen LogP contribution in [0.1, 0.15) is 25.0 Å². The number of ether oxygens (including phenoxy) is 1. The predicted octanol–water partition coefficient (Wildman–Crippen LogP) is 2.70. The molecule has 0 amide bonds. The van der Waals surface area contributed by atoms with Crippen molar-refractivity contribution in [2.24, 2.45) is 0 Å². The maximum absolute atomic E-state index is 5.60. The third-order valence-corrected chi connectivity index (χ3v) is 3.03. The number of hydrogen-bond donors (Lipinski definition) is 1. The SMILES string of the molecule is Brc1ccc(COCC2CCCCN2)o1. The topological polar surface area (TPSA) is 34.4 Å². The van der Waals surface area contributed by atoms with E-state index in [2.05, 4.69) is 21.2 Å². The Morgan fingerprint density at radius 2 is 2.40 bits per heavy atom. The lowest BCUT2D eigenvalue weighted by Crippen LogP contribution is -2.37. The molecule has 1 fully saturated rings. The molecule has 1 unspecified atom stereocenters. The Bertz CT molecular complexity index is 295. The number of nitrogens with one attached hydrogen (secondary N) is 1. The number of halogens is 1. The van der Waals surface area contributed by atoms with E-state index in [1.807, 2.05) is 12.1 Å². The first-order chi connectivity index (χ1) is 7.34. The Morgan fingerprint density at radius 3 is 3.07 bits per heavy atom. The molecule has 0 aliphatic carbocycles. The zero-order valence-electron chi connectivity index (χ0n) is 8.67. The van der Waals surface area contributed by atoms with Gasteiger partial charge in [0.1, 0.15) is 12.4 Å². The Balaban J connectivity index is 1.65. The van der Waals surface area contributed by atoms with E-state index in [1.54, 1.807) is 0 Å². The zero-order valence-corrected chi connectivity index (χ0v) is 10.3. The molecule has 1 saturated heterocycles. The van der Waals surface area contributed by atoms with Gasteiger partial charge in [-0.3, -0.25) is 0 Å². The lowest BCUT2D eigenvalue weighted by molar-refractivity contribution is 0.0792. The third kappa shape index (κ3) is 3.63. The fourth-order valence-corrected chi connectivity index (χ4v) is 2.14. The van der Waals surface area contributed by atoms with Gasteiger partial charge in [0.25, 0.3) is 0 Å². The van der Waals surface area contributed by atoms with Gasteiger partial charge in [0.15, 0.2) is 4.67 Å². The Kier molecular flexibility index (Phi) is 4.23. The molecule has 0 spiro atoms. The van der Waals surface area contributed by atoms with Gasteiger partial charge >= 0.3 is 0 Å². The molecular formula is C11H16BrNO2. The van der Waals surface area contributed by atoms with Crippen LogP contribution in [0.4, 0.5) is 0 Å². The molecule has 1 aliphatic heterocycles. The molecule has 15 heavy (non-hydrogen) atoms. The average molecular weight is 274 g/mol. The summed E-state index contributed by atoms with van der Waals surface area (Å²) in [6, 6.07) is 4.34. The van der Waals surface area contributed by atoms with Crippen molar-refractivity contribution in [3.05, 3.63) is 22.6 Å². The van der Waals surface area contributed by atoms with E-state index in [-0.39, 0.29) is 0 Å². The van der Waals surface area contributed by atoms with E-state index in [9.17, 15) is 0 Å². The molecule has 0 bridgehead atoms. The molecule has 0 radical (unpaired) electrons. The van der Waals surface area contributed by atoms with Gasteiger partial charge < -0.3 is 14.5 Å². The molecule has 1 aromatic rings. The summed E-state index contributed by atoms with van der Waals surface area (Å²) in [5.74, 6) is 0.873. The van der Waals surface area contributed by atoms with Gasteiger partial charge in [0.05, 0.1) is 6.61 Å². The molecule has 1 atom stereocenters. The second kappa shape index (κ2) is 5.68. The fourth-order valence-electron chi connectivity index (χ4n) is 1.80. The van der Waals surface area contributed by atoms with Crippen LogP contribution in [0.15, 0.2) is 21.2 Å². The molecule has 84 valence electrons. The van der Waals surface area contributed by atoms with E-state index < -0.39 is 0 Å². The van der Waals surface area contributed by atoms with Gasteiger partial charge in [-0.25, -0.2) is 0 Å². The number of rotatable bonds is 4. The minimum absolute atomic E-state index is 0.525. The quantitative estimate of drug-likeness (QED) is 0.916. The first-order valence-electron chi connectivity index (χ1n) is 5.40. The van der Waals surface area contributed by atoms with Crippen molar-refractivity contribution in [1.82, 2.24) is 5.32 Å². The Hall–Kier alpha value is -0.320. The lowest BCUT2D eigenvalue weighted by Gasteiger charge is -2.22. The lowest BCUT2D eigenvalue weighted by atomic mass is 10.1. The number of piperidine rings is 1. The number of furan rings is 1. The molecule has 0 saturated carbocycles. The van der Waals surface area contributed by atoms with Crippen LogP contribution in [-0.2, 0) is 11.3 Å². The molecule has 3 nitrogen and oxygen atoms in total. The maximum Gasteiger partial charge on any atom is 0.169 e. The van der Waals surface area contributed by atoms with Crippen LogP contribution in [0.25, 0.3) is 0 Å². The zero-order chi connectivity index (χ0) is 10.5. The van der Waals surface area contributed by atoms with Crippen LogP contribution in [0.5, 0.6) is 0 Å². The van der Waals surface area contributed by atoms with Crippen LogP contribution in [0.2, 0.25) is 0 Å². The van der Waals surface area contributed by atoms with Crippen molar-refractivity contribution in [2.75, 3.05) is 13.2 Å². The van der Waals surface area contributed by atoms with Gasteiger partial charge in [-0.15, -0.1) is 0 Å². The highest BCUT2D eigenvalue weighted by molar-refractivity contribution is 9.10. The van der Waals surface area contributed by atoms with Gasteiger partial charge in [-0.1, -0.05) is 6.42 Å². The second-order valence-electron chi connectivity index (χ2n) is 3.87. The highest BCUT2D eigenvalue weighted by Crippen LogP contribution is 2.15. The highest BCUT2D eigenvalue weighted by Gasteiger charge is 2.12. The maximum atomic E-state index is 5.60. The normalized spacial score (nSPS) is 21.8. The van der Waals surface area contributed by atoms with E-state index in [1.165, 1.54) is 19.3 Å². The van der Waals surface area contributed by atoms with Gasteiger partial charge in [0.2, 0.25) is 0 Å². The second-order valence-corrected chi connectivity index (χ2v) is 4.65. The van der Waals surface area contributed by atoms with Crippen LogP contribution < -0.4 is 5.32 Å². The van der Waals surface area contributed by atoms with Crippen molar-refractivity contribution in [2.45, 2.75) is 31.9 Å². The summed E-state index contributed by atoms with van der Waals surface area (Å²) in [6.07, 6.45) is 3.83. The predicted molar refractivity (Wildman–Crippen MR) is 61.7 cm³/mol. The van der Waals surface area contributed by atoms with E-state index >= 15 is 0 Å². The van der Waals surface area contributed by atoms with Gasteiger partial charge in [-0.2, -0.15) is 0 Å². The molecule has 2 rings (SSSR count). The first kappa shape index (κ1) is 11.2. The molecular weight excluding hydrogens is 258 g/mol. The van der Waals surface area contributed by atoms with Crippen molar-refractivity contribution in [3.63, 3.8) is 0 Å². The fraction of sp³-hybridized carbons (Fsp3) is 0.636. The van der Waals surface area contributed by atoms with Gasteiger partial charge in [-0.05, 0) is 47.4 Å². The smallest absolute Gasteiger partial charge is 0.169 e. The van der Waals surface area contributed by atoms with E-state index in [4.69, 9.17) is 9.15 Å². The minimum Gasteiger partial charge on any atom is -0.452 e. The molecule has 1 N–H and O–H groups in total. The molecule has 0 aromatic carbocycles. The van der Waals surface area contributed by atoms with Crippen molar-refractivity contribution >= 4 is 15.9 Å². The molecule has 2 heterocycles. The van der Waals surface area contributed by atoms with E-state index in [0.29, 0.717) is 12.6 Å². The molecule has 1 aliphatic rings.